The molecule has 6 aliphatic rings. The second-order valence-electron chi connectivity index (χ2n) is 10.0. The predicted molar refractivity (Wildman–Crippen MR) is 77.5 cm³/mol. The average molecular weight is 304 g/mol. The van der Waals surface area contributed by atoms with Crippen molar-refractivity contribution < 1.29 is 19.1 Å². The minimum atomic E-state index is -0.421. The third-order valence-electron chi connectivity index (χ3n) is 7.14. The zero-order valence-electron chi connectivity index (χ0n) is 14.1. The van der Waals surface area contributed by atoms with Crippen molar-refractivity contribution in [3.8, 4) is 0 Å². The second kappa shape index (κ2) is 2.99. The van der Waals surface area contributed by atoms with Gasteiger partial charge >= 0.3 is 11.9 Å². The van der Waals surface area contributed by atoms with E-state index in [0.29, 0.717) is 35.5 Å². The van der Waals surface area contributed by atoms with Crippen LogP contribution in [0.2, 0.25) is 0 Å². The summed E-state index contributed by atoms with van der Waals surface area (Å²) in [6.07, 6.45) is 0. The monoisotopic (exact) mass is 304 g/mol. The molecule has 0 saturated heterocycles. The smallest absolute Gasteiger partial charge is 0.313 e. The van der Waals surface area contributed by atoms with E-state index >= 15 is 0 Å². The molecule has 6 fully saturated rings. The normalized spacial score (nSPS) is 54.6. The number of carbonyl (C=O) groups excluding carboxylic acids is 2. The van der Waals surface area contributed by atoms with Crippen LogP contribution in [0.25, 0.3) is 0 Å². The number of esters is 2. The molecule has 6 aliphatic carbocycles. The van der Waals surface area contributed by atoms with Crippen LogP contribution in [0.3, 0.4) is 0 Å². The Morgan fingerprint density at radius 3 is 1.05 bits per heavy atom. The third kappa shape index (κ3) is 0.930. The maximum absolute atomic E-state index is 12.6. The average Bonchev–Trinajstić information content (AvgIpc) is 2.34. The van der Waals surface area contributed by atoms with Gasteiger partial charge in [-0.15, -0.1) is 0 Å². The first-order valence-electron chi connectivity index (χ1n) is 8.46. The molecular formula is C18H24O4. The number of rotatable bonds is 2. The van der Waals surface area contributed by atoms with Crippen molar-refractivity contribution in [3.63, 3.8) is 0 Å². The van der Waals surface area contributed by atoms with Gasteiger partial charge in [0.05, 0.1) is 10.8 Å². The highest BCUT2D eigenvalue weighted by Gasteiger charge is 3.13. The lowest BCUT2D eigenvalue weighted by molar-refractivity contribution is -0.629. The van der Waals surface area contributed by atoms with Crippen LogP contribution in [0.5, 0.6) is 0 Å². The van der Waals surface area contributed by atoms with Gasteiger partial charge in [0.15, 0.2) is 0 Å². The maximum atomic E-state index is 12.6. The van der Waals surface area contributed by atoms with Gasteiger partial charge in [0.2, 0.25) is 0 Å². The zero-order chi connectivity index (χ0) is 16.0. The number of hydrogen-bond donors (Lipinski definition) is 0. The number of carbonyl (C=O) groups is 2. The third-order valence-corrected chi connectivity index (χ3v) is 7.14. The Labute approximate surface area is 130 Å². The van der Waals surface area contributed by atoms with Crippen LogP contribution in [-0.2, 0) is 19.1 Å². The number of ether oxygens (including phenoxy) is 2. The highest BCUT2D eigenvalue weighted by Crippen LogP contribution is 3.10. The summed E-state index contributed by atoms with van der Waals surface area (Å²) in [5, 5.41) is 0. The van der Waals surface area contributed by atoms with E-state index in [4.69, 9.17) is 9.47 Å². The molecule has 0 radical (unpaired) electrons. The fourth-order valence-electron chi connectivity index (χ4n) is 7.08. The van der Waals surface area contributed by atoms with Gasteiger partial charge in [0.1, 0.15) is 11.2 Å². The van der Waals surface area contributed by atoms with Gasteiger partial charge < -0.3 is 9.47 Å². The molecule has 22 heavy (non-hydrogen) atoms. The van der Waals surface area contributed by atoms with E-state index in [0.717, 1.165) is 0 Å². The van der Waals surface area contributed by atoms with E-state index < -0.39 is 11.2 Å². The Balaban J connectivity index is 1.35. The van der Waals surface area contributed by atoms with Gasteiger partial charge in [0, 0.05) is 0 Å². The summed E-state index contributed by atoms with van der Waals surface area (Å²) in [5.74, 6) is 2.47. The molecule has 0 N–H and O–H groups in total. The van der Waals surface area contributed by atoms with E-state index in [1.54, 1.807) is 0 Å². The molecule has 0 aliphatic heterocycles. The van der Waals surface area contributed by atoms with Gasteiger partial charge in [-0.1, -0.05) is 0 Å². The topological polar surface area (TPSA) is 52.6 Å². The SMILES string of the molecule is CC(C)(C)OC(=O)C12C3C4C1C1C2C3C41C(=O)OC(C)(C)C. The van der Waals surface area contributed by atoms with Gasteiger partial charge in [-0.05, 0) is 77.0 Å². The summed E-state index contributed by atoms with van der Waals surface area (Å²) in [6, 6.07) is 0. The summed E-state index contributed by atoms with van der Waals surface area (Å²) >= 11 is 0. The van der Waals surface area contributed by atoms with Crippen LogP contribution >= 0.6 is 0 Å². The van der Waals surface area contributed by atoms with Gasteiger partial charge in [-0.2, -0.15) is 0 Å². The Bertz CT molecular complexity index is 523. The molecule has 0 atom stereocenters. The summed E-state index contributed by atoms with van der Waals surface area (Å²) in [6.45, 7) is 11.6. The van der Waals surface area contributed by atoms with Crippen molar-refractivity contribution >= 4 is 11.9 Å². The Morgan fingerprint density at radius 2 is 0.864 bits per heavy atom. The molecule has 4 heteroatoms. The maximum Gasteiger partial charge on any atom is 0.313 e. The largest absolute Gasteiger partial charge is 0.460 e. The Hall–Kier alpha value is -1.06. The summed E-state index contributed by atoms with van der Waals surface area (Å²) in [5.41, 5.74) is -1.24. The standard InChI is InChI=1S/C18H24O4/c1-15(2,3)21-13(19)17-7-10-8(17)12-9(17)11(7)18(10,12)14(20)22-16(4,5)6/h7-12H,1-6H3. The molecule has 120 valence electrons. The van der Waals surface area contributed by atoms with Gasteiger partial charge in [-0.3, -0.25) is 9.59 Å². The van der Waals surface area contributed by atoms with E-state index in [1.165, 1.54) is 0 Å². The van der Waals surface area contributed by atoms with Crippen molar-refractivity contribution in [2.24, 2.45) is 46.3 Å². The van der Waals surface area contributed by atoms with Crippen molar-refractivity contribution in [2.75, 3.05) is 0 Å². The molecule has 0 amide bonds. The number of hydrogen-bond acceptors (Lipinski definition) is 4. The fraction of sp³-hybridized carbons (Fsp3) is 0.889. The minimum absolute atomic E-state index is 0.00115. The first kappa shape index (κ1) is 13.4. The first-order chi connectivity index (χ1) is 9.99. The molecular weight excluding hydrogens is 280 g/mol. The van der Waals surface area contributed by atoms with Crippen LogP contribution in [0, 0.1) is 46.3 Å². The quantitative estimate of drug-likeness (QED) is 0.735. The van der Waals surface area contributed by atoms with E-state index in [1.807, 2.05) is 41.5 Å². The fourth-order valence-corrected chi connectivity index (χ4v) is 7.08. The van der Waals surface area contributed by atoms with E-state index in [2.05, 4.69) is 0 Å². The van der Waals surface area contributed by atoms with E-state index in [9.17, 15) is 9.59 Å². The zero-order valence-corrected chi connectivity index (χ0v) is 14.1. The molecule has 4 nitrogen and oxygen atoms in total. The molecule has 6 saturated carbocycles. The van der Waals surface area contributed by atoms with Gasteiger partial charge in [0.25, 0.3) is 0 Å². The van der Waals surface area contributed by atoms with Crippen LogP contribution in [-0.4, -0.2) is 23.1 Å². The second-order valence-corrected chi connectivity index (χ2v) is 10.0. The lowest BCUT2D eigenvalue weighted by atomic mass is 8.92. The Kier molecular flexibility index (Phi) is 1.82. The summed E-state index contributed by atoms with van der Waals surface area (Å²) in [7, 11) is 0. The predicted octanol–water partition coefficient (Wildman–Crippen LogP) is 2.41. The summed E-state index contributed by atoms with van der Waals surface area (Å²) < 4.78 is 11.3. The lowest BCUT2D eigenvalue weighted by Crippen LogP contribution is -3.12. The molecule has 0 spiro atoms. The lowest BCUT2D eigenvalue weighted by Gasteiger charge is -3.08. The molecule has 0 aromatic heterocycles. The van der Waals surface area contributed by atoms with Gasteiger partial charge in [-0.25, -0.2) is 0 Å². The van der Waals surface area contributed by atoms with Crippen molar-refractivity contribution in [3.05, 3.63) is 0 Å². The molecule has 0 heterocycles. The molecule has 0 unspecified atom stereocenters. The molecule has 0 aromatic carbocycles. The van der Waals surface area contributed by atoms with Crippen LogP contribution in [0.15, 0.2) is 0 Å². The van der Waals surface area contributed by atoms with Crippen LogP contribution < -0.4 is 0 Å². The molecule has 6 rings (SSSR count). The van der Waals surface area contributed by atoms with Crippen LogP contribution in [0.4, 0.5) is 0 Å². The van der Waals surface area contributed by atoms with Crippen molar-refractivity contribution in [1.82, 2.24) is 0 Å². The molecule has 0 bridgehead atoms. The van der Waals surface area contributed by atoms with Crippen molar-refractivity contribution in [1.29, 1.82) is 0 Å². The molecule has 0 aromatic rings. The van der Waals surface area contributed by atoms with E-state index in [-0.39, 0.29) is 22.8 Å². The first-order valence-corrected chi connectivity index (χ1v) is 8.46. The highest BCUT2D eigenvalue weighted by atomic mass is 16.6. The summed E-state index contributed by atoms with van der Waals surface area (Å²) in [4.78, 5) is 25.2. The highest BCUT2D eigenvalue weighted by molar-refractivity contribution is 5.97. The Morgan fingerprint density at radius 1 is 0.636 bits per heavy atom. The van der Waals surface area contributed by atoms with Crippen molar-refractivity contribution in [2.45, 2.75) is 52.7 Å². The minimum Gasteiger partial charge on any atom is -0.460 e. The van der Waals surface area contributed by atoms with Crippen LogP contribution in [0.1, 0.15) is 41.5 Å².